The van der Waals surface area contributed by atoms with E-state index < -0.39 is 0 Å². The average molecular weight is 263 g/mol. The summed E-state index contributed by atoms with van der Waals surface area (Å²) in [4.78, 5) is 0. The second kappa shape index (κ2) is 6.80. The summed E-state index contributed by atoms with van der Waals surface area (Å²) < 4.78 is 11.7. The molecule has 0 radical (unpaired) electrons. The van der Waals surface area contributed by atoms with E-state index in [-0.39, 0.29) is 0 Å². The van der Waals surface area contributed by atoms with Gasteiger partial charge in [0.15, 0.2) is 11.5 Å². The van der Waals surface area contributed by atoms with Crippen LogP contribution < -0.4 is 15.2 Å². The van der Waals surface area contributed by atoms with Gasteiger partial charge in [-0.3, -0.25) is 0 Å². The Hall–Kier alpha value is -1.22. The molecule has 0 bridgehead atoms. The first-order valence-corrected chi connectivity index (χ1v) is 7.27. The van der Waals surface area contributed by atoms with Crippen LogP contribution in [-0.2, 0) is 6.42 Å². The monoisotopic (exact) mass is 263 g/mol. The minimum absolute atomic E-state index is 0.323. The van der Waals surface area contributed by atoms with Gasteiger partial charge in [-0.1, -0.05) is 19.1 Å². The van der Waals surface area contributed by atoms with E-state index in [1.54, 1.807) is 7.11 Å². The molecule has 3 nitrogen and oxygen atoms in total. The molecule has 1 saturated carbocycles. The zero-order valence-corrected chi connectivity index (χ0v) is 12.0. The molecule has 0 unspecified atom stereocenters. The van der Waals surface area contributed by atoms with Gasteiger partial charge in [0, 0.05) is 0 Å². The Labute approximate surface area is 116 Å². The predicted molar refractivity (Wildman–Crippen MR) is 77.8 cm³/mol. The van der Waals surface area contributed by atoms with Crippen LogP contribution in [0, 0.1) is 5.92 Å². The first-order valence-electron chi connectivity index (χ1n) is 7.27. The molecule has 2 N–H and O–H groups in total. The maximum absolute atomic E-state index is 6.23. The number of nitrogens with two attached hydrogens (primary N) is 1. The van der Waals surface area contributed by atoms with Crippen LogP contribution in [0.25, 0.3) is 0 Å². The second-order valence-electron chi connectivity index (χ2n) is 5.49. The quantitative estimate of drug-likeness (QED) is 0.887. The fourth-order valence-corrected chi connectivity index (χ4v) is 2.72. The summed E-state index contributed by atoms with van der Waals surface area (Å²) >= 11 is 0. The summed E-state index contributed by atoms with van der Waals surface area (Å²) in [5.74, 6) is 2.56. The van der Waals surface area contributed by atoms with Crippen LogP contribution in [0.1, 0.15) is 38.2 Å². The third kappa shape index (κ3) is 3.63. The maximum Gasteiger partial charge on any atom is 0.164 e. The molecule has 0 aliphatic heterocycles. The summed E-state index contributed by atoms with van der Waals surface area (Å²) in [5.41, 5.74) is 6.83. The van der Waals surface area contributed by atoms with Crippen molar-refractivity contribution in [3.63, 3.8) is 0 Å². The Morgan fingerprint density at radius 1 is 1.21 bits per heavy atom. The van der Waals surface area contributed by atoms with Crippen LogP contribution in [0.4, 0.5) is 0 Å². The van der Waals surface area contributed by atoms with Crippen molar-refractivity contribution >= 4 is 0 Å². The van der Waals surface area contributed by atoms with E-state index in [1.165, 1.54) is 12.8 Å². The van der Waals surface area contributed by atoms with E-state index in [4.69, 9.17) is 15.2 Å². The smallest absolute Gasteiger partial charge is 0.164 e. The van der Waals surface area contributed by atoms with Gasteiger partial charge in [0.25, 0.3) is 0 Å². The molecule has 0 aromatic heterocycles. The largest absolute Gasteiger partial charge is 0.493 e. The molecule has 0 atom stereocenters. The number of methoxy groups -OCH3 is 1. The lowest BCUT2D eigenvalue weighted by atomic mass is 9.89. The highest BCUT2D eigenvalue weighted by Crippen LogP contribution is 2.35. The Morgan fingerprint density at radius 3 is 2.58 bits per heavy atom. The highest BCUT2D eigenvalue weighted by molar-refractivity contribution is 5.47. The first kappa shape index (κ1) is 14.2. The van der Waals surface area contributed by atoms with E-state index in [9.17, 15) is 0 Å². The van der Waals surface area contributed by atoms with Crippen LogP contribution in [0.2, 0.25) is 0 Å². The molecular formula is C16H25NO2. The molecule has 1 aromatic carbocycles. The third-order valence-electron chi connectivity index (χ3n) is 3.94. The molecule has 1 fully saturated rings. The van der Waals surface area contributed by atoms with Gasteiger partial charge in [0.05, 0.1) is 13.2 Å². The number of benzene rings is 1. The maximum atomic E-state index is 6.23. The lowest BCUT2D eigenvalue weighted by molar-refractivity contribution is 0.130. The van der Waals surface area contributed by atoms with E-state index in [1.807, 2.05) is 12.1 Å². The Kier molecular flexibility index (Phi) is 5.08. The van der Waals surface area contributed by atoms with Gasteiger partial charge >= 0.3 is 0 Å². The molecule has 1 aliphatic carbocycles. The minimum Gasteiger partial charge on any atom is -0.493 e. The van der Waals surface area contributed by atoms with Crippen molar-refractivity contribution in [3.05, 3.63) is 23.8 Å². The summed E-state index contributed by atoms with van der Waals surface area (Å²) in [7, 11) is 1.69. The van der Waals surface area contributed by atoms with E-state index in [0.717, 1.165) is 42.2 Å². The van der Waals surface area contributed by atoms with Crippen LogP contribution in [0.3, 0.4) is 0 Å². The van der Waals surface area contributed by atoms with Crippen LogP contribution in [0.15, 0.2) is 18.2 Å². The minimum atomic E-state index is 0.323. The van der Waals surface area contributed by atoms with Crippen molar-refractivity contribution in [2.45, 2.75) is 45.1 Å². The Balaban J connectivity index is 2.12. The van der Waals surface area contributed by atoms with Gasteiger partial charge < -0.3 is 15.2 Å². The third-order valence-corrected chi connectivity index (χ3v) is 3.94. The second-order valence-corrected chi connectivity index (χ2v) is 5.49. The number of para-hydroxylation sites is 1. The average Bonchev–Trinajstić information content (AvgIpc) is 2.43. The molecule has 19 heavy (non-hydrogen) atoms. The highest BCUT2D eigenvalue weighted by Gasteiger charge is 2.22. The van der Waals surface area contributed by atoms with Crippen LogP contribution in [-0.4, -0.2) is 19.8 Å². The summed E-state index contributed by atoms with van der Waals surface area (Å²) in [6.45, 7) is 2.95. The number of ether oxygens (including phenoxy) is 2. The molecule has 0 saturated heterocycles. The van der Waals surface area contributed by atoms with Gasteiger partial charge in [-0.2, -0.15) is 0 Å². The summed E-state index contributed by atoms with van der Waals surface area (Å²) in [5, 5.41) is 0. The van der Waals surface area contributed by atoms with Gasteiger partial charge in [-0.25, -0.2) is 0 Å². The van der Waals surface area contributed by atoms with Crippen molar-refractivity contribution < 1.29 is 9.47 Å². The molecular weight excluding hydrogens is 238 g/mol. The molecule has 0 heterocycles. The number of rotatable bonds is 5. The van der Waals surface area contributed by atoms with E-state index >= 15 is 0 Å². The van der Waals surface area contributed by atoms with Crippen molar-refractivity contribution in [3.8, 4) is 11.5 Å². The predicted octanol–water partition coefficient (Wildman–Crippen LogP) is 3.15. The summed E-state index contributed by atoms with van der Waals surface area (Å²) in [6, 6.07) is 6.04. The standard InChI is InChI=1S/C16H25NO2/c1-12-6-8-14(9-7-12)19-16-13(10-11-17)4-3-5-15(16)18-2/h3-5,12,14H,6-11,17H2,1-2H3. The molecule has 2 rings (SSSR count). The van der Waals surface area contributed by atoms with Crippen molar-refractivity contribution in [1.82, 2.24) is 0 Å². The van der Waals surface area contributed by atoms with E-state index in [2.05, 4.69) is 13.0 Å². The molecule has 1 aliphatic rings. The molecule has 0 spiro atoms. The lowest BCUT2D eigenvalue weighted by Gasteiger charge is -2.28. The topological polar surface area (TPSA) is 44.5 Å². The highest BCUT2D eigenvalue weighted by atomic mass is 16.5. The van der Waals surface area contributed by atoms with Gasteiger partial charge in [-0.05, 0) is 56.2 Å². The zero-order valence-electron chi connectivity index (χ0n) is 12.0. The molecule has 1 aromatic rings. The Bertz CT molecular complexity index is 398. The van der Waals surface area contributed by atoms with Crippen molar-refractivity contribution in [1.29, 1.82) is 0 Å². The molecule has 106 valence electrons. The van der Waals surface area contributed by atoms with Crippen LogP contribution in [0.5, 0.6) is 11.5 Å². The van der Waals surface area contributed by atoms with Crippen molar-refractivity contribution in [2.24, 2.45) is 11.7 Å². The number of hydrogen-bond acceptors (Lipinski definition) is 3. The SMILES string of the molecule is COc1cccc(CCN)c1OC1CCC(C)CC1. The van der Waals surface area contributed by atoms with Crippen LogP contribution >= 0.6 is 0 Å². The molecule has 3 heteroatoms. The first-order chi connectivity index (χ1) is 9.24. The van der Waals surface area contributed by atoms with Gasteiger partial charge in [0.2, 0.25) is 0 Å². The van der Waals surface area contributed by atoms with Crippen molar-refractivity contribution in [2.75, 3.05) is 13.7 Å². The van der Waals surface area contributed by atoms with E-state index in [0.29, 0.717) is 12.6 Å². The lowest BCUT2D eigenvalue weighted by Crippen LogP contribution is -2.24. The number of hydrogen-bond donors (Lipinski definition) is 1. The Morgan fingerprint density at radius 2 is 1.95 bits per heavy atom. The fourth-order valence-electron chi connectivity index (χ4n) is 2.72. The van der Waals surface area contributed by atoms with Gasteiger partial charge in [-0.15, -0.1) is 0 Å². The zero-order chi connectivity index (χ0) is 13.7. The normalized spacial score (nSPS) is 23.1. The molecule has 0 amide bonds. The summed E-state index contributed by atoms with van der Waals surface area (Å²) in [6.07, 6.45) is 5.94. The fraction of sp³-hybridized carbons (Fsp3) is 0.625. The van der Waals surface area contributed by atoms with Gasteiger partial charge in [0.1, 0.15) is 0 Å².